The summed E-state index contributed by atoms with van der Waals surface area (Å²) in [7, 11) is 1.64. The topological polar surface area (TPSA) is 49.9 Å². The Hall–Kier alpha value is -2.21. The highest BCUT2D eigenvalue weighted by Gasteiger charge is 2.38. The highest BCUT2D eigenvalue weighted by Crippen LogP contribution is 2.46. The quantitative estimate of drug-likeness (QED) is 0.476. The van der Waals surface area contributed by atoms with Crippen molar-refractivity contribution in [1.29, 1.82) is 0 Å². The first-order chi connectivity index (χ1) is 13.6. The van der Waals surface area contributed by atoms with Crippen LogP contribution in [0.2, 0.25) is 0 Å². The highest BCUT2D eigenvalue weighted by atomic mass is 32.2. The molecule has 2 atom stereocenters. The van der Waals surface area contributed by atoms with Gasteiger partial charge in [0.25, 0.3) is 11.1 Å². The number of benzene rings is 1. The van der Waals surface area contributed by atoms with Crippen LogP contribution >= 0.6 is 11.8 Å². The van der Waals surface area contributed by atoms with Crippen molar-refractivity contribution in [3.05, 3.63) is 40.8 Å². The Labute approximate surface area is 177 Å². The lowest BCUT2D eigenvalue weighted by molar-refractivity contribution is -0.123. The molecule has 0 aliphatic carbocycles. The minimum atomic E-state index is -0.334. The molecule has 2 unspecified atom stereocenters. The standard InChI is InChI=1S/C23H30N2O3S/c1-8-15(4)25-21(26)20(29-22(25)27)11-16-10-17-14(3)13-23(5,6)24(9-2)18(17)12-19(16)28-7/h8,10-12,14-15H,1,9,13H2,2-7H3/b20-11+. The van der Waals surface area contributed by atoms with Crippen LogP contribution in [0.4, 0.5) is 10.5 Å². The summed E-state index contributed by atoms with van der Waals surface area (Å²) in [5.41, 5.74) is 3.32. The Bertz CT molecular complexity index is 890. The highest BCUT2D eigenvalue weighted by molar-refractivity contribution is 8.18. The minimum absolute atomic E-state index is 0.0666. The number of amides is 2. The first kappa shape index (κ1) is 21.5. The predicted molar refractivity (Wildman–Crippen MR) is 121 cm³/mol. The normalized spacial score (nSPS) is 23.4. The monoisotopic (exact) mass is 414 g/mol. The molecular formula is C23H30N2O3S. The molecule has 2 amide bonds. The Kier molecular flexibility index (Phi) is 5.86. The molecule has 0 radical (unpaired) electrons. The molecule has 1 saturated heterocycles. The number of fused-ring (bicyclic) bond motifs is 1. The Morgan fingerprint density at radius 1 is 1.38 bits per heavy atom. The van der Waals surface area contributed by atoms with E-state index < -0.39 is 0 Å². The molecule has 5 nitrogen and oxygen atoms in total. The zero-order chi connectivity index (χ0) is 21.5. The molecule has 0 spiro atoms. The lowest BCUT2D eigenvalue weighted by atomic mass is 9.79. The van der Waals surface area contributed by atoms with Gasteiger partial charge in [-0.05, 0) is 69.5 Å². The van der Waals surface area contributed by atoms with Crippen LogP contribution in [-0.4, -0.2) is 41.3 Å². The fourth-order valence-electron chi connectivity index (χ4n) is 4.49. The number of anilines is 1. The summed E-state index contributed by atoms with van der Waals surface area (Å²) in [6, 6.07) is 3.85. The average molecular weight is 415 g/mol. The van der Waals surface area contributed by atoms with E-state index in [0.717, 1.165) is 30.3 Å². The van der Waals surface area contributed by atoms with Gasteiger partial charge in [0.05, 0.1) is 18.1 Å². The lowest BCUT2D eigenvalue weighted by Crippen LogP contribution is -2.48. The van der Waals surface area contributed by atoms with Gasteiger partial charge in [-0.3, -0.25) is 14.5 Å². The van der Waals surface area contributed by atoms with Crippen molar-refractivity contribution in [2.24, 2.45) is 0 Å². The SMILES string of the molecule is C=CC(C)N1C(=O)S/C(=C/c2cc3c(cc2OC)N(CC)C(C)(C)CC3C)C1=O. The number of hydrogen-bond donors (Lipinski definition) is 0. The van der Waals surface area contributed by atoms with Crippen molar-refractivity contribution < 1.29 is 14.3 Å². The van der Waals surface area contributed by atoms with Crippen molar-refractivity contribution in [3.63, 3.8) is 0 Å². The van der Waals surface area contributed by atoms with Crippen LogP contribution in [0.5, 0.6) is 5.75 Å². The number of carbonyl (C=O) groups excluding carboxylic acids is 2. The molecule has 1 aromatic rings. The van der Waals surface area contributed by atoms with E-state index >= 15 is 0 Å². The van der Waals surface area contributed by atoms with Gasteiger partial charge in [-0.25, -0.2) is 0 Å². The third-order valence-corrected chi connectivity index (χ3v) is 6.80. The fraction of sp³-hybridized carbons (Fsp3) is 0.478. The van der Waals surface area contributed by atoms with Crippen molar-refractivity contribution in [1.82, 2.24) is 4.90 Å². The molecule has 0 aromatic heterocycles. The Morgan fingerprint density at radius 2 is 2.07 bits per heavy atom. The van der Waals surface area contributed by atoms with E-state index in [1.807, 2.05) is 0 Å². The third kappa shape index (κ3) is 3.70. The van der Waals surface area contributed by atoms with Gasteiger partial charge in [0.15, 0.2) is 0 Å². The molecule has 3 rings (SSSR count). The molecule has 6 heteroatoms. The molecule has 2 heterocycles. The van der Waals surface area contributed by atoms with Crippen LogP contribution in [0.1, 0.15) is 58.1 Å². The summed E-state index contributed by atoms with van der Waals surface area (Å²) in [4.78, 5) is 29.2. The number of methoxy groups -OCH3 is 1. The first-order valence-electron chi connectivity index (χ1n) is 10.0. The maximum Gasteiger partial charge on any atom is 0.294 e. The number of carbonyl (C=O) groups is 2. The van der Waals surface area contributed by atoms with Crippen molar-refractivity contribution in [3.8, 4) is 5.75 Å². The summed E-state index contributed by atoms with van der Waals surface area (Å²) in [6.45, 7) is 15.3. The molecule has 29 heavy (non-hydrogen) atoms. The number of rotatable bonds is 5. The number of imide groups is 1. The van der Waals surface area contributed by atoms with E-state index in [-0.39, 0.29) is 22.7 Å². The van der Waals surface area contributed by atoms with E-state index in [0.29, 0.717) is 16.6 Å². The van der Waals surface area contributed by atoms with Crippen molar-refractivity contribution in [2.45, 2.75) is 58.5 Å². The van der Waals surface area contributed by atoms with E-state index in [1.165, 1.54) is 16.2 Å². The first-order valence-corrected chi connectivity index (χ1v) is 10.9. The van der Waals surface area contributed by atoms with Crippen LogP contribution in [-0.2, 0) is 4.79 Å². The zero-order valence-electron chi connectivity index (χ0n) is 18.1. The molecule has 156 valence electrons. The second-order valence-corrected chi connectivity index (χ2v) is 9.34. The largest absolute Gasteiger partial charge is 0.496 e. The minimum Gasteiger partial charge on any atom is -0.496 e. The van der Waals surface area contributed by atoms with Gasteiger partial charge < -0.3 is 9.64 Å². The van der Waals surface area contributed by atoms with Gasteiger partial charge in [-0.15, -0.1) is 6.58 Å². The van der Waals surface area contributed by atoms with Gasteiger partial charge in [0, 0.05) is 29.4 Å². The van der Waals surface area contributed by atoms with E-state index in [4.69, 9.17) is 4.74 Å². The molecule has 0 N–H and O–H groups in total. The van der Waals surface area contributed by atoms with Crippen molar-refractivity contribution in [2.75, 3.05) is 18.6 Å². The van der Waals surface area contributed by atoms with Crippen LogP contribution in [0.15, 0.2) is 29.7 Å². The summed E-state index contributed by atoms with van der Waals surface area (Å²) >= 11 is 0.967. The third-order valence-electron chi connectivity index (χ3n) is 5.91. The van der Waals surface area contributed by atoms with E-state index in [2.05, 4.69) is 51.3 Å². The predicted octanol–water partition coefficient (Wildman–Crippen LogP) is 5.42. The van der Waals surface area contributed by atoms with Gasteiger partial charge in [0.1, 0.15) is 5.75 Å². The summed E-state index contributed by atoms with van der Waals surface area (Å²) < 4.78 is 5.67. The molecule has 0 bridgehead atoms. The van der Waals surface area contributed by atoms with E-state index in [1.54, 1.807) is 26.2 Å². The van der Waals surface area contributed by atoms with Crippen LogP contribution in [0.25, 0.3) is 6.08 Å². The Morgan fingerprint density at radius 3 is 2.66 bits per heavy atom. The number of ether oxygens (including phenoxy) is 1. The average Bonchev–Trinajstić information content (AvgIpc) is 2.94. The second-order valence-electron chi connectivity index (χ2n) is 8.34. The molecule has 1 fully saturated rings. The number of nitrogens with zero attached hydrogens (tertiary/aromatic N) is 2. The summed E-state index contributed by atoms with van der Waals surface area (Å²) in [5.74, 6) is 0.809. The summed E-state index contributed by atoms with van der Waals surface area (Å²) in [6.07, 6.45) is 4.43. The molecule has 2 aliphatic rings. The maximum atomic E-state index is 12.8. The van der Waals surface area contributed by atoms with Gasteiger partial charge >= 0.3 is 0 Å². The lowest BCUT2D eigenvalue weighted by Gasteiger charge is -2.47. The van der Waals surface area contributed by atoms with Gasteiger partial charge in [-0.2, -0.15) is 0 Å². The molecule has 1 aromatic carbocycles. The van der Waals surface area contributed by atoms with Crippen LogP contribution in [0, 0.1) is 0 Å². The van der Waals surface area contributed by atoms with Gasteiger partial charge in [0.2, 0.25) is 0 Å². The van der Waals surface area contributed by atoms with Crippen LogP contribution in [0.3, 0.4) is 0 Å². The maximum absolute atomic E-state index is 12.8. The number of thioether (sulfide) groups is 1. The summed E-state index contributed by atoms with van der Waals surface area (Å²) in [5, 5.41) is -0.266. The van der Waals surface area contributed by atoms with Crippen molar-refractivity contribution >= 4 is 34.7 Å². The number of hydrogen-bond acceptors (Lipinski definition) is 5. The zero-order valence-corrected chi connectivity index (χ0v) is 18.9. The van der Waals surface area contributed by atoms with Crippen LogP contribution < -0.4 is 9.64 Å². The van der Waals surface area contributed by atoms with Gasteiger partial charge in [-0.1, -0.05) is 13.0 Å². The molecule has 2 aliphatic heterocycles. The smallest absolute Gasteiger partial charge is 0.294 e. The second kappa shape index (κ2) is 7.90. The Balaban J connectivity index is 2.07. The van der Waals surface area contributed by atoms with E-state index in [9.17, 15) is 9.59 Å². The fourth-order valence-corrected chi connectivity index (χ4v) is 5.40. The molecule has 0 saturated carbocycles. The molecular weight excluding hydrogens is 384 g/mol.